The zero-order valence-electron chi connectivity index (χ0n) is 24.8. The Bertz CT molecular complexity index is 2170. The number of hydrogen-bond acceptors (Lipinski definition) is 1. The first-order valence-electron chi connectivity index (χ1n) is 15.1. The molecule has 0 aliphatic heterocycles. The number of hydrogen-bond donors (Lipinski definition) is 0. The average molecular weight is 552 g/mol. The monoisotopic (exact) mass is 551 g/mol. The molecule has 8 rings (SSSR count). The molecule has 0 aromatic heterocycles. The Labute approximate surface area is 253 Å². The Hall–Kier alpha value is -5.14. The van der Waals surface area contributed by atoms with E-state index in [-0.39, 0.29) is 5.41 Å². The highest BCUT2D eigenvalue weighted by Crippen LogP contribution is 2.50. The highest BCUT2D eigenvalue weighted by Gasteiger charge is 2.35. The summed E-state index contributed by atoms with van der Waals surface area (Å²) in [4.78, 5) is 2.40. The van der Waals surface area contributed by atoms with E-state index < -0.39 is 0 Å². The Morgan fingerprint density at radius 1 is 0.419 bits per heavy atom. The smallest absolute Gasteiger partial charge is 0.0468 e. The van der Waals surface area contributed by atoms with Crippen molar-refractivity contribution in [3.8, 4) is 22.3 Å². The van der Waals surface area contributed by atoms with Crippen molar-refractivity contribution in [2.45, 2.75) is 26.2 Å². The summed E-state index contributed by atoms with van der Waals surface area (Å²) in [6, 6.07) is 53.7. The Morgan fingerprint density at radius 3 is 1.74 bits per heavy atom. The van der Waals surface area contributed by atoms with Crippen LogP contribution in [-0.4, -0.2) is 0 Å². The predicted molar refractivity (Wildman–Crippen MR) is 184 cm³/mol. The fraction of sp³-hybridized carbons (Fsp3) is 0.0952. The largest absolute Gasteiger partial charge is 0.310 e. The van der Waals surface area contributed by atoms with Gasteiger partial charge in [-0.05, 0) is 110 Å². The van der Waals surface area contributed by atoms with Gasteiger partial charge in [-0.3, -0.25) is 0 Å². The zero-order valence-corrected chi connectivity index (χ0v) is 24.8. The van der Waals surface area contributed by atoms with E-state index in [0.29, 0.717) is 0 Å². The summed E-state index contributed by atoms with van der Waals surface area (Å²) in [6.45, 7) is 6.84. The van der Waals surface area contributed by atoms with E-state index in [1.54, 1.807) is 0 Å². The molecule has 1 nitrogen and oxygen atoms in total. The summed E-state index contributed by atoms with van der Waals surface area (Å²) in [5.74, 6) is 0. The minimum Gasteiger partial charge on any atom is -0.310 e. The topological polar surface area (TPSA) is 3.24 Å². The van der Waals surface area contributed by atoms with Crippen LogP contribution in [0.25, 0.3) is 43.8 Å². The molecule has 0 heterocycles. The summed E-state index contributed by atoms with van der Waals surface area (Å²) < 4.78 is 0. The molecule has 0 amide bonds. The molecule has 43 heavy (non-hydrogen) atoms. The van der Waals surface area contributed by atoms with Gasteiger partial charge in [-0.2, -0.15) is 0 Å². The van der Waals surface area contributed by atoms with Crippen molar-refractivity contribution in [2.24, 2.45) is 0 Å². The van der Waals surface area contributed by atoms with Gasteiger partial charge in [0.15, 0.2) is 0 Å². The van der Waals surface area contributed by atoms with Crippen LogP contribution in [-0.2, 0) is 5.41 Å². The van der Waals surface area contributed by atoms with Gasteiger partial charge in [-0.1, -0.05) is 116 Å². The fourth-order valence-electron chi connectivity index (χ4n) is 6.89. The molecule has 0 atom stereocenters. The summed E-state index contributed by atoms with van der Waals surface area (Å²) in [6.07, 6.45) is 0. The molecule has 206 valence electrons. The van der Waals surface area contributed by atoms with Gasteiger partial charge in [-0.15, -0.1) is 0 Å². The molecule has 0 radical (unpaired) electrons. The van der Waals surface area contributed by atoms with E-state index in [1.807, 2.05) is 0 Å². The Balaban J connectivity index is 1.23. The molecule has 7 aromatic carbocycles. The van der Waals surface area contributed by atoms with Crippen LogP contribution >= 0.6 is 0 Å². The van der Waals surface area contributed by atoms with E-state index in [4.69, 9.17) is 0 Å². The van der Waals surface area contributed by atoms with E-state index >= 15 is 0 Å². The van der Waals surface area contributed by atoms with Crippen LogP contribution in [0.15, 0.2) is 146 Å². The molecule has 7 aromatic rings. The maximum Gasteiger partial charge on any atom is 0.0468 e. The second kappa shape index (κ2) is 9.71. The lowest BCUT2D eigenvalue weighted by molar-refractivity contribution is 0.660. The maximum absolute atomic E-state index is 2.40. The van der Waals surface area contributed by atoms with E-state index in [2.05, 4.69) is 171 Å². The van der Waals surface area contributed by atoms with Crippen LogP contribution in [0, 0.1) is 6.92 Å². The van der Waals surface area contributed by atoms with Gasteiger partial charge in [-0.25, -0.2) is 0 Å². The number of anilines is 3. The van der Waals surface area contributed by atoms with Gasteiger partial charge < -0.3 is 4.90 Å². The predicted octanol–water partition coefficient (Wildman–Crippen LogP) is 11.7. The van der Waals surface area contributed by atoms with Gasteiger partial charge in [0, 0.05) is 22.5 Å². The van der Waals surface area contributed by atoms with Gasteiger partial charge in [0.1, 0.15) is 0 Å². The summed E-state index contributed by atoms with van der Waals surface area (Å²) >= 11 is 0. The lowest BCUT2D eigenvalue weighted by atomic mass is 9.82. The van der Waals surface area contributed by atoms with E-state index in [1.165, 1.54) is 66.2 Å². The second-order valence-electron chi connectivity index (χ2n) is 12.4. The quantitative estimate of drug-likeness (QED) is 0.210. The van der Waals surface area contributed by atoms with Crippen LogP contribution in [0.3, 0.4) is 0 Å². The molecule has 0 unspecified atom stereocenters. The average Bonchev–Trinajstić information content (AvgIpc) is 3.27. The molecule has 0 saturated heterocycles. The highest BCUT2D eigenvalue weighted by molar-refractivity contribution is 5.94. The molecule has 0 spiro atoms. The number of nitrogens with zero attached hydrogens (tertiary/aromatic N) is 1. The van der Waals surface area contributed by atoms with Crippen molar-refractivity contribution in [1.82, 2.24) is 0 Å². The lowest BCUT2D eigenvalue weighted by Crippen LogP contribution is -2.16. The summed E-state index contributed by atoms with van der Waals surface area (Å²) in [5.41, 5.74) is 12.6. The maximum atomic E-state index is 2.40. The SMILES string of the molecule is Cc1ccc(N(c2ccc3c(c2)C(C)(C)c2ccccc2-3)c2ccc3cc(-c4ccc5ccccc5c4)ccc3c2)cc1. The number of rotatable bonds is 4. The first kappa shape index (κ1) is 25.6. The number of benzene rings is 7. The highest BCUT2D eigenvalue weighted by atomic mass is 15.1. The van der Waals surface area contributed by atoms with Crippen molar-refractivity contribution in [3.63, 3.8) is 0 Å². The van der Waals surface area contributed by atoms with Crippen molar-refractivity contribution in [1.29, 1.82) is 0 Å². The molecule has 0 N–H and O–H groups in total. The van der Waals surface area contributed by atoms with Gasteiger partial charge in [0.05, 0.1) is 0 Å². The van der Waals surface area contributed by atoms with Crippen LogP contribution in [0.5, 0.6) is 0 Å². The van der Waals surface area contributed by atoms with Gasteiger partial charge in [0.25, 0.3) is 0 Å². The Morgan fingerprint density at radius 2 is 0.953 bits per heavy atom. The summed E-state index contributed by atoms with van der Waals surface area (Å²) in [5, 5.41) is 5.01. The van der Waals surface area contributed by atoms with Crippen LogP contribution in [0.4, 0.5) is 17.1 Å². The van der Waals surface area contributed by atoms with Crippen LogP contribution in [0.1, 0.15) is 30.5 Å². The van der Waals surface area contributed by atoms with Gasteiger partial charge >= 0.3 is 0 Å². The van der Waals surface area contributed by atoms with E-state index in [0.717, 1.165) is 11.4 Å². The Kier molecular flexibility index (Phi) is 5.77. The van der Waals surface area contributed by atoms with Crippen LogP contribution < -0.4 is 4.90 Å². The normalized spacial score (nSPS) is 13.2. The fourth-order valence-corrected chi connectivity index (χ4v) is 6.89. The molecule has 1 heteroatoms. The number of aryl methyl sites for hydroxylation is 1. The van der Waals surface area contributed by atoms with Crippen molar-refractivity contribution in [3.05, 3.63) is 162 Å². The van der Waals surface area contributed by atoms with E-state index in [9.17, 15) is 0 Å². The molecule has 0 bridgehead atoms. The lowest BCUT2D eigenvalue weighted by Gasteiger charge is -2.28. The van der Waals surface area contributed by atoms with Gasteiger partial charge in [0.2, 0.25) is 0 Å². The van der Waals surface area contributed by atoms with Crippen molar-refractivity contribution in [2.75, 3.05) is 4.90 Å². The molecule has 0 saturated carbocycles. The third kappa shape index (κ3) is 4.23. The first-order chi connectivity index (χ1) is 21.0. The number of fused-ring (bicyclic) bond motifs is 5. The molecular formula is C42H33N. The van der Waals surface area contributed by atoms with Crippen LogP contribution in [0.2, 0.25) is 0 Å². The molecular weight excluding hydrogens is 518 g/mol. The first-order valence-corrected chi connectivity index (χ1v) is 15.1. The molecule has 1 aliphatic carbocycles. The third-order valence-corrected chi connectivity index (χ3v) is 9.28. The van der Waals surface area contributed by atoms with Crippen molar-refractivity contribution >= 4 is 38.6 Å². The molecule has 0 fully saturated rings. The zero-order chi connectivity index (χ0) is 29.1. The van der Waals surface area contributed by atoms with Crippen molar-refractivity contribution < 1.29 is 0 Å². The third-order valence-electron chi connectivity index (χ3n) is 9.28. The minimum absolute atomic E-state index is 0.0522. The summed E-state index contributed by atoms with van der Waals surface area (Å²) in [7, 11) is 0. The second-order valence-corrected chi connectivity index (χ2v) is 12.4. The minimum atomic E-state index is -0.0522. The molecule has 1 aliphatic rings. The standard InChI is InChI=1S/C42H33N/c1-28-12-19-35(20-13-28)43(37-22-23-39-38-10-6-7-11-40(38)42(2,3)41(39)27-37)36-21-18-33-25-32(16-17-34(33)26-36)31-15-14-29-8-4-5-9-30(29)24-31/h4-27H,1-3H3.